The molecule has 4 rings (SSSR count). The molecule has 4 aromatic rings. The van der Waals surface area contributed by atoms with Crippen LogP contribution in [-0.4, -0.2) is 30.2 Å². The average molecular weight is 411 g/mol. The van der Waals surface area contributed by atoms with Crippen LogP contribution < -0.4 is 5.56 Å². The quantitative estimate of drug-likeness (QED) is 0.550. The Morgan fingerprint density at radius 2 is 1.86 bits per heavy atom. The molecule has 0 bridgehead atoms. The summed E-state index contributed by atoms with van der Waals surface area (Å²) >= 11 is 6.00. The van der Waals surface area contributed by atoms with Crippen LogP contribution in [0.2, 0.25) is 5.02 Å². The number of nitrogens with zero attached hydrogens (tertiary/aromatic N) is 4. The van der Waals surface area contributed by atoms with Crippen molar-refractivity contribution in [2.24, 2.45) is 5.92 Å². The molecular formula is C21H19ClN4O3. The fourth-order valence-electron chi connectivity index (χ4n) is 3.69. The SMILES string of the molecule is Cc1nn2c(ncc3c(=O)n([C@@H](C(=O)O)C(C)C)ccc32)c1-c1ccc(Cl)cc1. The Morgan fingerprint density at radius 3 is 2.48 bits per heavy atom. The second-order valence-corrected chi connectivity index (χ2v) is 7.75. The first kappa shape index (κ1) is 19.1. The maximum atomic E-state index is 13.0. The van der Waals surface area contributed by atoms with Crippen molar-refractivity contribution >= 4 is 34.1 Å². The Balaban J connectivity index is 1.97. The first-order chi connectivity index (χ1) is 13.8. The van der Waals surface area contributed by atoms with E-state index in [1.807, 2.05) is 19.1 Å². The van der Waals surface area contributed by atoms with Gasteiger partial charge in [0.05, 0.1) is 16.6 Å². The smallest absolute Gasteiger partial charge is 0.327 e. The Kier molecular flexibility index (Phi) is 4.62. The number of aryl methyl sites for hydroxylation is 1. The molecule has 0 amide bonds. The van der Waals surface area contributed by atoms with Gasteiger partial charge in [-0.3, -0.25) is 4.79 Å². The summed E-state index contributed by atoms with van der Waals surface area (Å²) in [6.07, 6.45) is 3.01. The van der Waals surface area contributed by atoms with Gasteiger partial charge in [-0.25, -0.2) is 14.3 Å². The zero-order valence-corrected chi connectivity index (χ0v) is 16.9. The van der Waals surface area contributed by atoms with Crippen molar-refractivity contribution in [1.82, 2.24) is 19.2 Å². The van der Waals surface area contributed by atoms with Gasteiger partial charge in [-0.1, -0.05) is 37.6 Å². The number of carboxylic acids is 1. The number of hydrogen-bond acceptors (Lipinski definition) is 4. The lowest BCUT2D eigenvalue weighted by Crippen LogP contribution is -2.33. The van der Waals surface area contributed by atoms with Crippen molar-refractivity contribution in [3.8, 4) is 11.1 Å². The Hall–Kier alpha value is -3.19. The van der Waals surface area contributed by atoms with E-state index >= 15 is 0 Å². The molecule has 3 aromatic heterocycles. The maximum Gasteiger partial charge on any atom is 0.327 e. The predicted octanol–water partition coefficient (Wildman–Crippen LogP) is 3.95. The van der Waals surface area contributed by atoms with Gasteiger partial charge in [-0.2, -0.15) is 5.10 Å². The number of fused-ring (bicyclic) bond motifs is 3. The number of rotatable bonds is 4. The lowest BCUT2D eigenvalue weighted by molar-refractivity contribution is -0.142. The summed E-state index contributed by atoms with van der Waals surface area (Å²) in [5.41, 5.74) is 3.34. The topological polar surface area (TPSA) is 89.5 Å². The monoisotopic (exact) mass is 410 g/mol. The summed E-state index contributed by atoms with van der Waals surface area (Å²) in [4.78, 5) is 29.2. The van der Waals surface area contributed by atoms with Gasteiger partial charge in [-0.15, -0.1) is 0 Å². The van der Waals surface area contributed by atoms with Crippen molar-refractivity contribution in [3.63, 3.8) is 0 Å². The highest BCUT2D eigenvalue weighted by molar-refractivity contribution is 6.30. The molecule has 0 aliphatic heterocycles. The van der Waals surface area contributed by atoms with Gasteiger partial charge in [0.1, 0.15) is 6.04 Å². The largest absolute Gasteiger partial charge is 0.480 e. The van der Waals surface area contributed by atoms with Gasteiger partial charge in [0, 0.05) is 23.0 Å². The van der Waals surface area contributed by atoms with Gasteiger partial charge < -0.3 is 9.67 Å². The van der Waals surface area contributed by atoms with E-state index in [0.29, 0.717) is 21.6 Å². The molecule has 0 spiro atoms. The van der Waals surface area contributed by atoms with E-state index in [4.69, 9.17) is 11.6 Å². The van der Waals surface area contributed by atoms with Gasteiger partial charge in [0.15, 0.2) is 5.65 Å². The Bertz CT molecular complexity index is 1310. The number of benzene rings is 1. The van der Waals surface area contributed by atoms with E-state index in [-0.39, 0.29) is 5.92 Å². The molecule has 1 atom stereocenters. The molecule has 0 saturated heterocycles. The second-order valence-electron chi connectivity index (χ2n) is 7.32. The molecule has 148 valence electrons. The number of pyridine rings is 1. The number of aliphatic carboxylic acids is 1. The fraction of sp³-hybridized carbons (Fsp3) is 0.238. The van der Waals surface area contributed by atoms with Gasteiger partial charge in [0.25, 0.3) is 5.56 Å². The molecule has 29 heavy (non-hydrogen) atoms. The highest BCUT2D eigenvalue weighted by Crippen LogP contribution is 2.29. The lowest BCUT2D eigenvalue weighted by atomic mass is 10.0. The fourth-order valence-corrected chi connectivity index (χ4v) is 3.82. The molecule has 0 aliphatic carbocycles. The number of carbonyl (C=O) groups is 1. The molecule has 0 saturated carbocycles. The predicted molar refractivity (Wildman–Crippen MR) is 111 cm³/mol. The first-order valence-electron chi connectivity index (χ1n) is 9.17. The van der Waals surface area contributed by atoms with Crippen LogP contribution in [0.15, 0.2) is 47.5 Å². The van der Waals surface area contributed by atoms with Crippen molar-refractivity contribution in [3.05, 3.63) is 63.8 Å². The van der Waals surface area contributed by atoms with Crippen molar-refractivity contribution < 1.29 is 9.90 Å². The molecule has 8 heteroatoms. The summed E-state index contributed by atoms with van der Waals surface area (Å²) in [5.74, 6) is -1.29. The molecule has 1 aromatic carbocycles. The Morgan fingerprint density at radius 1 is 1.17 bits per heavy atom. The Labute approximate surface area is 171 Å². The minimum absolute atomic E-state index is 0.247. The molecular weight excluding hydrogens is 392 g/mol. The highest BCUT2D eigenvalue weighted by atomic mass is 35.5. The number of hydrogen-bond donors (Lipinski definition) is 1. The third-order valence-corrected chi connectivity index (χ3v) is 5.28. The van der Waals surface area contributed by atoms with Crippen molar-refractivity contribution in [2.75, 3.05) is 0 Å². The first-order valence-corrected chi connectivity index (χ1v) is 9.55. The van der Waals surface area contributed by atoms with E-state index < -0.39 is 17.6 Å². The highest BCUT2D eigenvalue weighted by Gasteiger charge is 2.25. The van der Waals surface area contributed by atoms with Crippen LogP contribution in [0.5, 0.6) is 0 Å². The van der Waals surface area contributed by atoms with E-state index in [2.05, 4.69) is 10.1 Å². The lowest BCUT2D eigenvalue weighted by Gasteiger charge is -2.19. The summed E-state index contributed by atoms with van der Waals surface area (Å²) in [6.45, 7) is 5.42. The summed E-state index contributed by atoms with van der Waals surface area (Å²) in [7, 11) is 0. The molecule has 7 nitrogen and oxygen atoms in total. The molecule has 0 aliphatic rings. The number of aromatic nitrogens is 4. The molecule has 0 radical (unpaired) electrons. The number of halogens is 1. The van der Waals surface area contributed by atoms with Crippen LogP contribution in [0, 0.1) is 12.8 Å². The van der Waals surface area contributed by atoms with Gasteiger partial charge in [0.2, 0.25) is 0 Å². The van der Waals surface area contributed by atoms with E-state index in [1.54, 1.807) is 36.6 Å². The minimum atomic E-state index is -1.05. The van der Waals surface area contributed by atoms with Crippen LogP contribution in [0.4, 0.5) is 0 Å². The van der Waals surface area contributed by atoms with Crippen LogP contribution in [0.25, 0.3) is 27.7 Å². The third-order valence-electron chi connectivity index (χ3n) is 5.03. The van der Waals surface area contributed by atoms with Crippen molar-refractivity contribution in [2.45, 2.75) is 26.8 Å². The van der Waals surface area contributed by atoms with Gasteiger partial charge in [-0.05, 0) is 36.6 Å². The minimum Gasteiger partial charge on any atom is -0.480 e. The van der Waals surface area contributed by atoms with Crippen LogP contribution in [0.1, 0.15) is 25.6 Å². The molecule has 0 unspecified atom stereocenters. The normalized spacial score (nSPS) is 12.7. The molecule has 1 N–H and O–H groups in total. The standard InChI is InChI=1S/C21H19ClN4O3/c1-11(2)18(21(28)29)25-9-8-16-15(20(25)27)10-23-19-17(12(3)24-26(16)19)13-4-6-14(22)7-5-13/h4-11,18H,1-3H3,(H,28,29)/t18-/m1/s1. The zero-order valence-electron chi connectivity index (χ0n) is 16.1. The zero-order chi connectivity index (χ0) is 20.9. The summed E-state index contributed by atoms with van der Waals surface area (Å²) < 4.78 is 2.88. The van der Waals surface area contributed by atoms with E-state index in [9.17, 15) is 14.7 Å². The van der Waals surface area contributed by atoms with E-state index in [1.165, 1.54) is 17.0 Å². The second kappa shape index (κ2) is 7.00. The van der Waals surface area contributed by atoms with Crippen LogP contribution in [-0.2, 0) is 4.79 Å². The van der Waals surface area contributed by atoms with Crippen LogP contribution in [0.3, 0.4) is 0 Å². The maximum absolute atomic E-state index is 13.0. The average Bonchev–Trinajstić information content (AvgIpc) is 3.00. The summed E-state index contributed by atoms with van der Waals surface area (Å²) in [5, 5.41) is 15.1. The van der Waals surface area contributed by atoms with Gasteiger partial charge >= 0.3 is 5.97 Å². The third kappa shape index (κ3) is 3.07. The van der Waals surface area contributed by atoms with E-state index in [0.717, 1.165) is 16.8 Å². The van der Waals surface area contributed by atoms with Crippen molar-refractivity contribution in [1.29, 1.82) is 0 Å². The molecule has 3 heterocycles. The number of carboxylic acid groups (broad SMARTS) is 1. The molecule has 0 fully saturated rings. The summed E-state index contributed by atoms with van der Waals surface area (Å²) in [6, 6.07) is 8.16. The van der Waals surface area contributed by atoms with Crippen LogP contribution >= 0.6 is 11.6 Å².